The number of carbonyl (C=O) groups excluding carboxylic acids is 2. The third-order valence-corrected chi connectivity index (χ3v) is 8.11. The second kappa shape index (κ2) is 33.8. The van der Waals surface area contributed by atoms with Gasteiger partial charge in [0.2, 0.25) is 5.91 Å². The van der Waals surface area contributed by atoms with Crippen molar-refractivity contribution in [2.75, 3.05) is 6.54 Å². The number of hydrogen-bond donors (Lipinski definition) is 2. The standard InChI is InChI=1S/C38H69NO5/c1-3-5-6-7-8-9-10-11-12-13-14-15-16-17-18-19-20-21-22-23-24-25-29-33-38(43)44-35(30-4-2)31-27-26-28-32-36(40)39-34-37(41)42/h10-11,13-14,35H,3-9,12,15-34H2,1-2H3,(H,39,40)(H,41,42)/b11-10-,14-13-. The molecule has 0 spiro atoms. The van der Waals surface area contributed by atoms with Crippen LogP contribution >= 0.6 is 0 Å². The van der Waals surface area contributed by atoms with Crippen molar-refractivity contribution in [1.82, 2.24) is 5.32 Å². The van der Waals surface area contributed by atoms with Crippen molar-refractivity contribution in [3.63, 3.8) is 0 Å². The van der Waals surface area contributed by atoms with Gasteiger partial charge in [0.25, 0.3) is 0 Å². The van der Waals surface area contributed by atoms with Gasteiger partial charge in [-0.2, -0.15) is 0 Å². The van der Waals surface area contributed by atoms with Crippen LogP contribution < -0.4 is 5.32 Å². The van der Waals surface area contributed by atoms with Crippen molar-refractivity contribution >= 4 is 17.8 Å². The number of amides is 1. The Morgan fingerprint density at radius 2 is 1.09 bits per heavy atom. The lowest BCUT2D eigenvalue weighted by atomic mass is 10.0. The Bertz CT molecular complexity index is 733. The topological polar surface area (TPSA) is 92.7 Å². The van der Waals surface area contributed by atoms with Crippen LogP contribution in [0, 0.1) is 0 Å². The van der Waals surface area contributed by atoms with E-state index in [0.717, 1.165) is 51.4 Å². The average molecular weight is 620 g/mol. The average Bonchev–Trinajstić information content (AvgIpc) is 3.00. The van der Waals surface area contributed by atoms with Crippen LogP contribution in [-0.2, 0) is 19.1 Å². The molecule has 1 unspecified atom stereocenters. The van der Waals surface area contributed by atoms with Gasteiger partial charge in [-0.1, -0.05) is 134 Å². The van der Waals surface area contributed by atoms with Crippen molar-refractivity contribution < 1.29 is 24.2 Å². The highest BCUT2D eigenvalue weighted by Gasteiger charge is 2.13. The molecular formula is C38H69NO5. The molecular weight excluding hydrogens is 550 g/mol. The smallest absolute Gasteiger partial charge is 0.322 e. The molecule has 1 atom stereocenters. The number of carbonyl (C=O) groups is 3. The molecule has 1 amide bonds. The Morgan fingerprint density at radius 1 is 0.591 bits per heavy atom. The highest BCUT2D eigenvalue weighted by molar-refractivity contribution is 5.80. The first kappa shape index (κ1) is 41.9. The van der Waals surface area contributed by atoms with Gasteiger partial charge in [-0.3, -0.25) is 14.4 Å². The molecule has 2 N–H and O–H groups in total. The van der Waals surface area contributed by atoms with E-state index in [1.165, 1.54) is 103 Å². The molecule has 0 aromatic rings. The molecule has 0 bridgehead atoms. The fourth-order valence-electron chi connectivity index (χ4n) is 5.42. The minimum absolute atomic E-state index is 0.0354. The molecule has 6 heteroatoms. The Morgan fingerprint density at radius 3 is 1.64 bits per heavy atom. The fourth-order valence-corrected chi connectivity index (χ4v) is 5.42. The molecule has 0 saturated heterocycles. The molecule has 0 fully saturated rings. The molecule has 0 heterocycles. The number of hydrogen-bond acceptors (Lipinski definition) is 4. The molecule has 0 aromatic carbocycles. The summed E-state index contributed by atoms with van der Waals surface area (Å²) in [5.74, 6) is -1.33. The number of esters is 1. The molecule has 0 aliphatic heterocycles. The van der Waals surface area contributed by atoms with Gasteiger partial charge >= 0.3 is 11.9 Å². The summed E-state index contributed by atoms with van der Waals surface area (Å²) in [5, 5.41) is 11.0. The summed E-state index contributed by atoms with van der Waals surface area (Å²) in [6.45, 7) is 4.04. The van der Waals surface area contributed by atoms with E-state index in [9.17, 15) is 14.4 Å². The lowest BCUT2D eigenvalue weighted by molar-refractivity contribution is -0.150. The predicted molar refractivity (Wildman–Crippen MR) is 185 cm³/mol. The monoisotopic (exact) mass is 620 g/mol. The lowest BCUT2D eigenvalue weighted by Crippen LogP contribution is -2.28. The SMILES string of the molecule is CCCCCCC/C=C\C/C=C\CCCCCCCCCCCCCC(=O)OC(CCC)CCCCCC(=O)NCC(=O)O. The number of carboxylic acids is 1. The van der Waals surface area contributed by atoms with Crippen LogP contribution in [-0.4, -0.2) is 35.6 Å². The van der Waals surface area contributed by atoms with Gasteiger partial charge in [0.1, 0.15) is 12.6 Å². The summed E-state index contributed by atoms with van der Waals surface area (Å²) >= 11 is 0. The lowest BCUT2D eigenvalue weighted by Gasteiger charge is -2.17. The zero-order chi connectivity index (χ0) is 32.4. The zero-order valence-corrected chi connectivity index (χ0v) is 28.8. The van der Waals surface area contributed by atoms with Crippen LogP contribution in [0.1, 0.15) is 187 Å². The van der Waals surface area contributed by atoms with Gasteiger partial charge in [-0.25, -0.2) is 0 Å². The minimum Gasteiger partial charge on any atom is -0.480 e. The first-order chi connectivity index (χ1) is 21.5. The quantitative estimate of drug-likeness (QED) is 0.0433. The van der Waals surface area contributed by atoms with E-state index in [4.69, 9.17) is 9.84 Å². The summed E-state index contributed by atoms with van der Waals surface area (Å²) in [4.78, 5) is 34.4. The highest BCUT2D eigenvalue weighted by atomic mass is 16.5. The molecule has 6 nitrogen and oxygen atoms in total. The molecule has 0 radical (unpaired) electrons. The number of rotatable bonds is 33. The zero-order valence-electron chi connectivity index (χ0n) is 28.8. The molecule has 0 aliphatic rings. The first-order valence-corrected chi connectivity index (χ1v) is 18.5. The Labute approximate surface area is 271 Å². The minimum atomic E-state index is -1.03. The summed E-state index contributed by atoms with van der Waals surface area (Å²) in [5.41, 5.74) is 0. The first-order valence-electron chi connectivity index (χ1n) is 18.5. The number of carboxylic acid groups (broad SMARTS) is 1. The number of unbranched alkanes of at least 4 members (excludes halogenated alkanes) is 18. The molecule has 0 aromatic heterocycles. The van der Waals surface area contributed by atoms with Crippen LogP contribution in [0.4, 0.5) is 0 Å². The summed E-state index contributed by atoms with van der Waals surface area (Å²) < 4.78 is 5.74. The van der Waals surface area contributed by atoms with E-state index in [-0.39, 0.29) is 24.5 Å². The van der Waals surface area contributed by atoms with Crippen LogP contribution in [0.5, 0.6) is 0 Å². The fraction of sp³-hybridized carbons (Fsp3) is 0.816. The second-order valence-electron chi connectivity index (χ2n) is 12.5. The van der Waals surface area contributed by atoms with E-state index >= 15 is 0 Å². The van der Waals surface area contributed by atoms with E-state index in [0.29, 0.717) is 19.3 Å². The van der Waals surface area contributed by atoms with Crippen molar-refractivity contribution in [3.8, 4) is 0 Å². The van der Waals surface area contributed by atoms with E-state index in [1.807, 2.05) is 0 Å². The van der Waals surface area contributed by atoms with Crippen molar-refractivity contribution in [1.29, 1.82) is 0 Å². The summed E-state index contributed by atoms with van der Waals surface area (Å²) in [7, 11) is 0. The second-order valence-corrected chi connectivity index (χ2v) is 12.5. The molecule has 0 rings (SSSR count). The van der Waals surface area contributed by atoms with Crippen LogP contribution in [0.3, 0.4) is 0 Å². The van der Waals surface area contributed by atoms with E-state index < -0.39 is 5.97 Å². The predicted octanol–water partition coefficient (Wildman–Crippen LogP) is 10.8. The molecule has 0 saturated carbocycles. The van der Waals surface area contributed by atoms with Gasteiger partial charge < -0.3 is 15.2 Å². The highest BCUT2D eigenvalue weighted by Crippen LogP contribution is 2.16. The van der Waals surface area contributed by atoms with Gasteiger partial charge in [-0.15, -0.1) is 0 Å². The summed E-state index contributed by atoms with van der Waals surface area (Å²) in [6, 6.07) is 0. The van der Waals surface area contributed by atoms with Gasteiger partial charge in [0.15, 0.2) is 0 Å². The van der Waals surface area contributed by atoms with Gasteiger partial charge in [0.05, 0.1) is 0 Å². The van der Waals surface area contributed by atoms with E-state index in [1.54, 1.807) is 0 Å². The Kier molecular flexibility index (Phi) is 32.2. The van der Waals surface area contributed by atoms with Crippen LogP contribution in [0.2, 0.25) is 0 Å². The maximum atomic E-state index is 12.3. The van der Waals surface area contributed by atoms with Crippen LogP contribution in [0.25, 0.3) is 0 Å². The van der Waals surface area contributed by atoms with Crippen molar-refractivity contribution in [2.24, 2.45) is 0 Å². The molecule has 256 valence electrons. The Hall–Kier alpha value is -2.11. The third-order valence-electron chi connectivity index (χ3n) is 8.11. The van der Waals surface area contributed by atoms with Crippen LogP contribution in [0.15, 0.2) is 24.3 Å². The molecule has 44 heavy (non-hydrogen) atoms. The maximum absolute atomic E-state index is 12.3. The van der Waals surface area contributed by atoms with Gasteiger partial charge in [-0.05, 0) is 64.2 Å². The normalized spacial score (nSPS) is 12.2. The van der Waals surface area contributed by atoms with E-state index in [2.05, 4.69) is 43.5 Å². The number of aliphatic carboxylic acids is 1. The molecule has 0 aliphatic carbocycles. The Balaban J connectivity index is 3.54. The maximum Gasteiger partial charge on any atom is 0.322 e. The largest absolute Gasteiger partial charge is 0.480 e. The van der Waals surface area contributed by atoms with Crippen molar-refractivity contribution in [3.05, 3.63) is 24.3 Å². The van der Waals surface area contributed by atoms with Crippen molar-refractivity contribution in [2.45, 2.75) is 193 Å². The number of nitrogens with one attached hydrogen (secondary N) is 1. The number of allylic oxidation sites excluding steroid dienone is 4. The third kappa shape index (κ3) is 32.8. The number of ether oxygens (including phenoxy) is 1. The summed E-state index contributed by atoms with van der Waals surface area (Å²) in [6.07, 6.45) is 39.5. The van der Waals surface area contributed by atoms with Gasteiger partial charge in [0, 0.05) is 12.8 Å².